The Bertz CT molecular complexity index is 938. The monoisotopic (exact) mass is 613 g/mol. The Morgan fingerprint density at radius 1 is 0.953 bits per heavy atom. The molecule has 43 heavy (non-hydrogen) atoms. The van der Waals surface area contributed by atoms with Gasteiger partial charge in [-0.15, -0.1) is 0 Å². The predicted octanol–water partition coefficient (Wildman–Crippen LogP) is 0.810. The molecule has 4 amide bonds. The van der Waals surface area contributed by atoms with Gasteiger partial charge in [0.15, 0.2) is 0 Å². The van der Waals surface area contributed by atoms with E-state index in [1.54, 1.807) is 23.8 Å². The van der Waals surface area contributed by atoms with E-state index in [4.69, 9.17) is 14.6 Å². The molecular weight excluding hydrogens is 558 g/mol. The van der Waals surface area contributed by atoms with E-state index in [9.17, 15) is 24.0 Å². The van der Waals surface area contributed by atoms with Crippen molar-refractivity contribution in [2.45, 2.75) is 90.6 Å². The molecule has 13 heteroatoms. The van der Waals surface area contributed by atoms with Crippen molar-refractivity contribution in [1.29, 1.82) is 0 Å². The molecule has 0 aromatic heterocycles. The largest absolute Gasteiger partial charge is 0.480 e. The first-order chi connectivity index (χ1) is 20.1. The highest BCUT2D eigenvalue weighted by atomic mass is 16.5. The topological polar surface area (TPSA) is 158 Å². The summed E-state index contributed by atoms with van der Waals surface area (Å²) < 4.78 is 11.5. The SMILES string of the molecule is CC[C@H](C)[C@@H]([C@@H](CC(=O)N1CCC[C@H]1[C@H](OC)[C@@H](C)C(=O)NCC(=O)O)OC)N(C)C(=O)CNC(=O)[C@H](C(C)C)N(C)C. The number of carbonyl (C=O) groups is 5. The minimum Gasteiger partial charge on any atom is -0.480 e. The number of carbonyl (C=O) groups excluding carboxylic acids is 4. The Hall–Kier alpha value is -2.77. The van der Waals surface area contributed by atoms with Gasteiger partial charge in [0.05, 0.1) is 49.2 Å². The number of amides is 4. The van der Waals surface area contributed by atoms with Crippen LogP contribution in [0.2, 0.25) is 0 Å². The van der Waals surface area contributed by atoms with E-state index in [0.29, 0.717) is 13.0 Å². The zero-order valence-electron chi connectivity index (χ0n) is 27.7. The molecule has 0 unspecified atom stereocenters. The van der Waals surface area contributed by atoms with E-state index in [2.05, 4.69) is 10.6 Å². The molecule has 1 saturated heterocycles. The Kier molecular flexibility index (Phi) is 16.1. The lowest BCUT2D eigenvalue weighted by Gasteiger charge is -2.39. The summed E-state index contributed by atoms with van der Waals surface area (Å²) in [5.41, 5.74) is 0. The van der Waals surface area contributed by atoms with Gasteiger partial charge in [0.1, 0.15) is 6.54 Å². The van der Waals surface area contributed by atoms with Crippen molar-refractivity contribution >= 4 is 29.6 Å². The first kappa shape index (κ1) is 38.3. The zero-order chi connectivity index (χ0) is 33.0. The fraction of sp³-hybridized carbons (Fsp3) is 0.833. The van der Waals surface area contributed by atoms with Crippen LogP contribution in [0.3, 0.4) is 0 Å². The van der Waals surface area contributed by atoms with Crippen molar-refractivity contribution < 1.29 is 38.6 Å². The maximum atomic E-state index is 13.7. The Morgan fingerprint density at radius 3 is 2.05 bits per heavy atom. The van der Waals surface area contributed by atoms with E-state index in [1.165, 1.54) is 14.2 Å². The third-order valence-corrected chi connectivity index (χ3v) is 8.59. The van der Waals surface area contributed by atoms with Crippen LogP contribution in [-0.4, -0.2) is 135 Å². The second kappa shape index (κ2) is 18.1. The fourth-order valence-corrected chi connectivity index (χ4v) is 6.17. The van der Waals surface area contributed by atoms with Crippen LogP contribution in [0.5, 0.6) is 0 Å². The minimum absolute atomic E-state index is 0.00774. The van der Waals surface area contributed by atoms with E-state index in [-0.39, 0.29) is 54.6 Å². The van der Waals surface area contributed by atoms with Gasteiger partial charge < -0.3 is 35.0 Å². The van der Waals surface area contributed by atoms with Crippen molar-refractivity contribution in [1.82, 2.24) is 25.3 Å². The van der Waals surface area contributed by atoms with Crippen LogP contribution in [0.4, 0.5) is 0 Å². The summed E-state index contributed by atoms with van der Waals surface area (Å²) in [4.78, 5) is 68.4. The molecule has 3 N–H and O–H groups in total. The van der Waals surface area contributed by atoms with Crippen LogP contribution in [-0.2, 0) is 33.4 Å². The molecule has 1 fully saturated rings. The van der Waals surface area contributed by atoms with Crippen molar-refractivity contribution in [3.05, 3.63) is 0 Å². The quantitative estimate of drug-likeness (QED) is 0.203. The Morgan fingerprint density at radius 2 is 1.56 bits per heavy atom. The molecule has 248 valence electrons. The number of hydrogen-bond donors (Lipinski definition) is 3. The molecule has 1 rings (SSSR count). The standard InChI is InChI=1S/C30H55N5O8/c1-11-19(4)27(34(8)24(37)16-31-30(41)26(18(2)3)33(6)7)22(42-9)15-23(36)35-14-12-13-21(35)28(43-10)20(5)29(40)32-17-25(38)39/h18-22,26-28H,11-17H2,1-10H3,(H,31,41)(H,32,40)(H,38,39)/t19-,20+,21-,22+,26-,27-,28+/m0/s1. The van der Waals surface area contributed by atoms with Crippen molar-refractivity contribution in [2.24, 2.45) is 17.8 Å². The summed E-state index contributed by atoms with van der Waals surface area (Å²) in [6, 6.07) is -1.18. The number of nitrogens with zero attached hydrogens (tertiary/aromatic N) is 3. The van der Waals surface area contributed by atoms with Crippen LogP contribution in [0, 0.1) is 17.8 Å². The zero-order valence-corrected chi connectivity index (χ0v) is 27.7. The number of hydrogen-bond acceptors (Lipinski definition) is 8. The molecule has 0 radical (unpaired) electrons. The van der Waals surface area contributed by atoms with Gasteiger partial charge in [0.2, 0.25) is 23.6 Å². The number of ether oxygens (including phenoxy) is 2. The Labute approximate surface area is 257 Å². The van der Waals surface area contributed by atoms with Crippen LogP contribution >= 0.6 is 0 Å². The number of aliphatic carboxylic acids is 1. The van der Waals surface area contributed by atoms with E-state index in [0.717, 1.165) is 12.8 Å². The van der Waals surface area contributed by atoms with Gasteiger partial charge in [0.25, 0.3) is 0 Å². The lowest BCUT2D eigenvalue weighted by Crippen LogP contribution is -2.55. The highest BCUT2D eigenvalue weighted by Gasteiger charge is 2.42. The molecular formula is C30H55N5O8. The van der Waals surface area contributed by atoms with Gasteiger partial charge in [-0.2, -0.15) is 0 Å². The van der Waals surface area contributed by atoms with Crippen LogP contribution in [0.1, 0.15) is 60.3 Å². The average Bonchev–Trinajstić information content (AvgIpc) is 3.43. The van der Waals surface area contributed by atoms with Crippen molar-refractivity contribution in [2.75, 3.05) is 55.0 Å². The lowest BCUT2D eigenvalue weighted by atomic mass is 9.90. The highest BCUT2D eigenvalue weighted by molar-refractivity contribution is 5.88. The number of carboxylic acid groups (broad SMARTS) is 1. The second-order valence-electron chi connectivity index (χ2n) is 12.1. The maximum Gasteiger partial charge on any atom is 0.322 e. The van der Waals surface area contributed by atoms with Crippen LogP contribution < -0.4 is 10.6 Å². The molecule has 7 atom stereocenters. The van der Waals surface area contributed by atoms with Gasteiger partial charge in [-0.1, -0.05) is 41.0 Å². The summed E-state index contributed by atoms with van der Waals surface area (Å²) in [7, 11) is 8.32. The molecule has 0 spiro atoms. The minimum atomic E-state index is -1.15. The molecule has 1 heterocycles. The Balaban J connectivity index is 3.06. The molecule has 0 aromatic carbocycles. The van der Waals surface area contributed by atoms with Gasteiger partial charge in [-0.3, -0.25) is 28.9 Å². The third-order valence-electron chi connectivity index (χ3n) is 8.59. The lowest BCUT2D eigenvalue weighted by molar-refractivity contribution is -0.146. The molecule has 1 aliphatic rings. The number of carboxylic acids is 1. The second-order valence-corrected chi connectivity index (χ2v) is 12.1. The van der Waals surface area contributed by atoms with E-state index >= 15 is 0 Å². The molecule has 0 bridgehead atoms. The normalized spacial score (nSPS) is 19.3. The summed E-state index contributed by atoms with van der Waals surface area (Å²) in [6.07, 6.45) is 0.870. The van der Waals surface area contributed by atoms with Gasteiger partial charge in [-0.25, -0.2) is 0 Å². The fourth-order valence-electron chi connectivity index (χ4n) is 6.17. The molecule has 0 aliphatic carbocycles. The van der Waals surface area contributed by atoms with E-state index < -0.39 is 42.6 Å². The number of rotatable bonds is 18. The summed E-state index contributed by atoms with van der Waals surface area (Å²) in [5.74, 6) is -2.92. The molecule has 0 aromatic rings. The average molecular weight is 614 g/mol. The van der Waals surface area contributed by atoms with Crippen LogP contribution in [0.15, 0.2) is 0 Å². The smallest absolute Gasteiger partial charge is 0.322 e. The number of nitrogens with one attached hydrogen (secondary N) is 2. The first-order valence-electron chi connectivity index (χ1n) is 15.2. The van der Waals surface area contributed by atoms with E-state index in [1.807, 2.05) is 46.7 Å². The molecule has 13 nitrogen and oxygen atoms in total. The summed E-state index contributed by atoms with van der Waals surface area (Å²) in [5, 5.41) is 14.1. The maximum absolute atomic E-state index is 13.7. The predicted molar refractivity (Wildman–Crippen MR) is 162 cm³/mol. The van der Waals surface area contributed by atoms with Gasteiger partial charge in [0, 0.05) is 27.8 Å². The highest BCUT2D eigenvalue weighted by Crippen LogP contribution is 2.29. The molecule has 1 aliphatic heterocycles. The molecule has 0 saturated carbocycles. The number of likely N-dealkylation sites (N-methyl/N-ethyl adjacent to an activating group) is 2. The van der Waals surface area contributed by atoms with Crippen molar-refractivity contribution in [3.8, 4) is 0 Å². The summed E-state index contributed by atoms with van der Waals surface area (Å²) >= 11 is 0. The summed E-state index contributed by atoms with van der Waals surface area (Å²) in [6.45, 7) is 9.39. The number of methoxy groups -OCH3 is 2. The van der Waals surface area contributed by atoms with Crippen molar-refractivity contribution in [3.63, 3.8) is 0 Å². The van der Waals surface area contributed by atoms with Crippen LogP contribution in [0.25, 0.3) is 0 Å². The van der Waals surface area contributed by atoms with Gasteiger partial charge in [-0.05, 0) is 38.8 Å². The number of likely N-dealkylation sites (tertiary alicyclic amines) is 1. The first-order valence-corrected chi connectivity index (χ1v) is 15.2. The van der Waals surface area contributed by atoms with Gasteiger partial charge >= 0.3 is 5.97 Å². The third kappa shape index (κ3) is 10.7.